The molecule has 108 valence electrons. The Morgan fingerprint density at radius 3 is 2.85 bits per heavy atom. The smallest absolute Gasteiger partial charge is 0.125 e. The minimum Gasteiger partial charge on any atom is -0.493 e. The van der Waals surface area contributed by atoms with Gasteiger partial charge in [-0.3, -0.25) is 0 Å². The summed E-state index contributed by atoms with van der Waals surface area (Å²) < 4.78 is 7.10. The van der Waals surface area contributed by atoms with Crippen LogP contribution in [0.2, 0.25) is 0 Å². The van der Waals surface area contributed by atoms with Crippen LogP contribution < -0.4 is 10.5 Å². The van der Waals surface area contributed by atoms with Crippen molar-refractivity contribution in [3.8, 4) is 5.75 Å². The third kappa shape index (κ3) is 4.33. The largest absolute Gasteiger partial charge is 0.493 e. The van der Waals surface area contributed by atoms with Crippen LogP contribution in [0.3, 0.4) is 0 Å². The molecule has 0 aliphatic carbocycles. The normalized spacial score (nSPS) is 12.4. The second-order valence-electron chi connectivity index (χ2n) is 5.12. The number of thiophene rings is 1. The van der Waals surface area contributed by atoms with Crippen molar-refractivity contribution in [3.63, 3.8) is 0 Å². The summed E-state index contributed by atoms with van der Waals surface area (Å²) in [5.41, 5.74) is 9.59. The van der Waals surface area contributed by atoms with Gasteiger partial charge in [-0.15, -0.1) is 0 Å². The number of hydrogen-bond acceptors (Lipinski definition) is 3. The minimum absolute atomic E-state index is 0.128. The van der Waals surface area contributed by atoms with Crippen molar-refractivity contribution < 1.29 is 4.74 Å². The van der Waals surface area contributed by atoms with Gasteiger partial charge in [0.2, 0.25) is 0 Å². The van der Waals surface area contributed by atoms with Gasteiger partial charge in [0.1, 0.15) is 5.75 Å². The third-order valence-electron chi connectivity index (χ3n) is 3.08. The number of halogens is 1. The summed E-state index contributed by atoms with van der Waals surface area (Å²) in [5.74, 6) is 0.987. The highest BCUT2D eigenvalue weighted by Gasteiger charge is 2.11. The standard InChI is InChI=1S/C16H20BrNOS/c1-11-7-15(17)9-14(8-12(2)18)16(11)19-5-3-13-4-6-20-10-13/h4,6-7,9-10,12H,3,5,8,18H2,1-2H3. The van der Waals surface area contributed by atoms with Gasteiger partial charge >= 0.3 is 0 Å². The molecule has 1 aromatic carbocycles. The molecule has 2 rings (SSSR count). The molecule has 2 aromatic rings. The maximum Gasteiger partial charge on any atom is 0.125 e. The lowest BCUT2D eigenvalue weighted by Crippen LogP contribution is -2.18. The van der Waals surface area contributed by atoms with Gasteiger partial charge in [-0.2, -0.15) is 11.3 Å². The van der Waals surface area contributed by atoms with Crippen LogP contribution in [0, 0.1) is 6.92 Å². The molecule has 1 heterocycles. The number of aryl methyl sites for hydroxylation is 1. The molecule has 4 heteroatoms. The quantitative estimate of drug-likeness (QED) is 0.838. The van der Waals surface area contributed by atoms with Gasteiger partial charge in [0.25, 0.3) is 0 Å². The second kappa shape index (κ2) is 7.25. The lowest BCUT2D eigenvalue weighted by atomic mass is 10.0. The first-order chi connectivity index (χ1) is 9.56. The average Bonchev–Trinajstić information content (AvgIpc) is 2.84. The van der Waals surface area contributed by atoms with Gasteiger partial charge < -0.3 is 10.5 Å². The molecule has 1 aromatic heterocycles. The van der Waals surface area contributed by atoms with E-state index in [1.165, 1.54) is 11.1 Å². The van der Waals surface area contributed by atoms with Crippen molar-refractivity contribution in [3.05, 3.63) is 50.1 Å². The number of hydrogen-bond donors (Lipinski definition) is 1. The Bertz CT molecular complexity index is 552. The molecule has 0 saturated heterocycles. The molecular weight excluding hydrogens is 334 g/mol. The molecule has 20 heavy (non-hydrogen) atoms. The van der Waals surface area contributed by atoms with E-state index in [4.69, 9.17) is 10.5 Å². The molecule has 1 atom stereocenters. The summed E-state index contributed by atoms with van der Waals surface area (Å²) in [5, 5.41) is 4.27. The molecule has 0 bridgehead atoms. The van der Waals surface area contributed by atoms with Crippen molar-refractivity contribution in [1.29, 1.82) is 0 Å². The highest BCUT2D eigenvalue weighted by Crippen LogP contribution is 2.29. The summed E-state index contributed by atoms with van der Waals surface area (Å²) in [6.45, 7) is 4.80. The van der Waals surface area contributed by atoms with E-state index in [2.05, 4.69) is 51.8 Å². The Hall–Kier alpha value is -0.840. The van der Waals surface area contributed by atoms with E-state index in [-0.39, 0.29) is 6.04 Å². The summed E-state index contributed by atoms with van der Waals surface area (Å²) in [7, 11) is 0. The Balaban J connectivity index is 2.08. The van der Waals surface area contributed by atoms with Crippen LogP contribution in [0.1, 0.15) is 23.6 Å². The topological polar surface area (TPSA) is 35.2 Å². The summed E-state index contributed by atoms with van der Waals surface area (Å²) in [4.78, 5) is 0. The maximum absolute atomic E-state index is 6.03. The molecular formula is C16H20BrNOS. The Labute approximate surface area is 133 Å². The van der Waals surface area contributed by atoms with Crippen LogP contribution in [-0.4, -0.2) is 12.6 Å². The van der Waals surface area contributed by atoms with Gasteiger partial charge in [0.05, 0.1) is 6.61 Å². The summed E-state index contributed by atoms with van der Waals surface area (Å²) >= 11 is 5.27. The molecule has 0 fully saturated rings. The fraction of sp³-hybridized carbons (Fsp3) is 0.375. The van der Waals surface area contributed by atoms with Crippen LogP contribution in [-0.2, 0) is 12.8 Å². The fourth-order valence-electron chi connectivity index (χ4n) is 2.21. The fourth-order valence-corrected chi connectivity index (χ4v) is 3.53. The number of ether oxygens (including phenoxy) is 1. The van der Waals surface area contributed by atoms with Crippen molar-refractivity contribution in [2.24, 2.45) is 5.73 Å². The van der Waals surface area contributed by atoms with Crippen molar-refractivity contribution in [2.75, 3.05) is 6.61 Å². The van der Waals surface area contributed by atoms with Gasteiger partial charge in [0, 0.05) is 16.9 Å². The maximum atomic E-state index is 6.03. The van der Waals surface area contributed by atoms with Gasteiger partial charge in [0.15, 0.2) is 0 Å². The van der Waals surface area contributed by atoms with Crippen LogP contribution in [0.4, 0.5) is 0 Å². The lowest BCUT2D eigenvalue weighted by Gasteiger charge is -2.16. The molecule has 0 saturated carbocycles. The number of rotatable bonds is 6. The molecule has 0 radical (unpaired) electrons. The van der Waals surface area contributed by atoms with Crippen molar-refractivity contribution in [2.45, 2.75) is 32.7 Å². The number of nitrogens with two attached hydrogens (primary N) is 1. The van der Waals surface area contributed by atoms with Crippen molar-refractivity contribution >= 4 is 27.3 Å². The van der Waals surface area contributed by atoms with E-state index in [1.54, 1.807) is 11.3 Å². The predicted octanol–water partition coefficient (Wildman–Crippen LogP) is 4.33. The van der Waals surface area contributed by atoms with E-state index in [0.29, 0.717) is 6.61 Å². The van der Waals surface area contributed by atoms with E-state index in [1.807, 2.05) is 6.92 Å². The zero-order valence-corrected chi connectivity index (χ0v) is 14.3. The predicted molar refractivity (Wildman–Crippen MR) is 89.8 cm³/mol. The Morgan fingerprint density at radius 1 is 1.40 bits per heavy atom. The first-order valence-corrected chi connectivity index (χ1v) is 8.48. The average molecular weight is 354 g/mol. The molecule has 2 N–H and O–H groups in total. The van der Waals surface area contributed by atoms with Crippen molar-refractivity contribution in [1.82, 2.24) is 0 Å². The van der Waals surface area contributed by atoms with Crippen LogP contribution in [0.25, 0.3) is 0 Å². The first kappa shape index (κ1) is 15.5. The van der Waals surface area contributed by atoms with E-state index in [9.17, 15) is 0 Å². The van der Waals surface area contributed by atoms with E-state index < -0.39 is 0 Å². The zero-order chi connectivity index (χ0) is 14.5. The van der Waals surface area contributed by atoms with Crippen LogP contribution in [0.15, 0.2) is 33.4 Å². The Kier molecular flexibility index (Phi) is 5.64. The summed E-state index contributed by atoms with van der Waals surface area (Å²) in [6.07, 6.45) is 1.77. The molecule has 1 unspecified atom stereocenters. The van der Waals surface area contributed by atoms with E-state index >= 15 is 0 Å². The third-order valence-corrected chi connectivity index (χ3v) is 4.27. The van der Waals surface area contributed by atoms with Crippen LogP contribution in [0.5, 0.6) is 5.75 Å². The molecule has 2 nitrogen and oxygen atoms in total. The SMILES string of the molecule is Cc1cc(Br)cc(CC(C)N)c1OCCc1ccsc1. The number of benzene rings is 1. The second-order valence-corrected chi connectivity index (χ2v) is 6.82. The highest BCUT2D eigenvalue weighted by molar-refractivity contribution is 9.10. The molecule has 0 amide bonds. The molecule has 0 aliphatic heterocycles. The zero-order valence-electron chi connectivity index (χ0n) is 11.9. The minimum atomic E-state index is 0.128. The summed E-state index contributed by atoms with van der Waals surface area (Å²) in [6, 6.07) is 6.47. The van der Waals surface area contributed by atoms with Gasteiger partial charge in [-0.1, -0.05) is 15.9 Å². The first-order valence-electron chi connectivity index (χ1n) is 6.74. The van der Waals surface area contributed by atoms with Gasteiger partial charge in [-0.05, 0) is 65.9 Å². The lowest BCUT2D eigenvalue weighted by molar-refractivity contribution is 0.316. The molecule has 0 aliphatic rings. The van der Waals surface area contributed by atoms with Gasteiger partial charge in [-0.25, -0.2) is 0 Å². The van der Waals surface area contributed by atoms with E-state index in [0.717, 1.165) is 28.6 Å². The highest BCUT2D eigenvalue weighted by atomic mass is 79.9. The Morgan fingerprint density at radius 2 is 2.20 bits per heavy atom. The monoisotopic (exact) mass is 353 g/mol. The van der Waals surface area contributed by atoms with Crippen LogP contribution >= 0.6 is 27.3 Å². The molecule has 0 spiro atoms.